The maximum atomic E-state index is 11.7. The van der Waals surface area contributed by atoms with Gasteiger partial charge in [0.25, 0.3) is 0 Å². The van der Waals surface area contributed by atoms with Crippen molar-refractivity contribution < 1.29 is 9.18 Å². The van der Waals surface area contributed by atoms with Gasteiger partial charge in [0.2, 0.25) is 5.91 Å². The van der Waals surface area contributed by atoms with Crippen LogP contribution in [0.3, 0.4) is 0 Å². The Morgan fingerprint density at radius 1 is 1.78 bits per heavy atom. The molecule has 0 aliphatic heterocycles. The molecule has 0 rings (SSSR count). The van der Waals surface area contributed by atoms with E-state index in [4.69, 9.17) is 0 Å². The lowest BCUT2D eigenvalue weighted by molar-refractivity contribution is -0.121. The van der Waals surface area contributed by atoms with E-state index in [2.05, 4.69) is 5.32 Å². The van der Waals surface area contributed by atoms with Gasteiger partial charge >= 0.3 is 0 Å². The van der Waals surface area contributed by atoms with Gasteiger partial charge in [0.15, 0.2) is 0 Å². The molecule has 0 aliphatic rings. The van der Waals surface area contributed by atoms with E-state index in [9.17, 15) is 9.18 Å². The molecular weight excluding hydrogens is 121 g/mol. The number of nitrogens with one attached hydrogen (secondary N) is 1. The van der Waals surface area contributed by atoms with Crippen molar-refractivity contribution in [3.63, 3.8) is 0 Å². The van der Waals surface area contributed by atoms with Gasteiger partial charge in [0, 0.05) is 6.42 Å². The van der Waals surface area contributed by atoms with Crippen molar-refractivity contribution in [2.24, 2.45) is 0 Å². The first-order chi connectivity index (χ1) is 4.20. The van der Waals surface area contributed by atoms with Crippen molar-refractivity contribution in [3.05, 3.63) is 0 Å². The van der Waals surface area contributed by atoms with Crippen LogP contribution in [-0.2, 0) is 4.79 Å². The Bertz CT molecular complexity index is 95.1. The highest BCUT2D eigenvalue weighted by molar-refractivity contribution is 5.75. The second-order valence-corrected chi connectivity index (χ2v) is 1.98. The molecule has 0 radical (unpaired) electrons. The molecule has 0 aromatic carbocycles. The van der Waals surface area contributed by atoms with Gasteiger partial charge < -0.3 is 5.32 Å². The Kier molecular flexibility index (Phi) is 4.01. The molecule has 0 saturated heterocycles. The third kappa shape index (κ3) is 3.94. The molecule has 0 aliphatic carbocycles. The average Bonchev–Trinajstić information content (AvgIpc) is 1.87. The van der Waals surface area contributed by atoms with Crippen molar-refractivity contribution >= 4 is 5.91 Å². The minimum Gasteiger partial charge on any atom is -0.351 e. The van der Waals surface area contributed by atoms with Gasteiger partial charge in [-0.2, -0.15) is 0 Å². The Hall–Kier alpha value is -0.600. The van der Waals surface area contributed by atoms with E-state index in [1.54, 1.807) is 13.8 Å². The predicted molar refractivity (Wildman–Crippen MR) is 33.9 cm³/mol. The van der Waals surface area contributed by atoms with Crippen molar-refractivity contribution in [1.82, 2.24) is 5.32 Å². The van der Waals surface area contributed by atoms with E-state index >= 15 is 0 Å². The van der Waals surface area contributed by atoms with Crippen LogP contribution in [0, 0.1) is 0 Å². The summed E-state index contributed by atoms with van der Waals surface area (Å²) in [6.07, 6.45) is 0.421. The lowest BCUT2D eigenvalue weighted by Gasteiger charge is -2.06. The summed E-state index contributed by atoms with van der Waals surface area (Å²) in [5.41, 5.74) is 0. The molecule has 1 N–H and O–H groups in total. The van der Waals surface area contributed by atoms with Crippen LogP contribution in [0.25, 0.3) is 0 Å². The monoisotopic (exact) mass is 133 g/mol. The third-order valence-electron chi connectivity index (χ3n) is 0.960. The molecule has 1 amide bonds. The molecule has 0 saturated carbocycles. The molecule has 0 fully saturated rings. The number of amides is 1. The van der Waals surface area contributed by atoms with Gasteiger partial charge in [-0.3, -0.25) is 4.79 Å². The summed E-state index contributed by atoms with van der Waals surface area (Å²) in [5.74, 6) is -0.0971. The SMILES string of the molecule is CCC(=O)NC(C)CF. The number of carbonyl (C=O) groups excluding carboxylic acids is 1. The topological polar surface area (TPSA) is 29.1 Å². The minimum atomic E-state index is -0.494. The molecular formula is C6H12FNO. The number of rotatable bonds is 3. The van der Waals surface area contributed by atoms with E-state index in [0.29, 0.717) is 6.42 Å². The maximum Gasteiger partial charge on any atom is 0.220 e. The zero-order valence-electron chi connectivity index (χ0n) is 5.78. The lowest BCUT2D eigenvalue weighted by Crippen LogP contribution is -2.33. The molecule has 2 nitrogen and oxygen atoms in total. The third-order valence-corrected chi connectivity index (χ3v) is 0.960. The Balaban J connectivity index is 3.34. The zero-order chi connectivity index (χ0) is 7.28. The van der Waals surface area contributed by atoms with Crippen LogP contribution >= 0.6 is 0 Å². The summed E-state index contributed by atoms with van der Waals surface area (Å²) < 4.78 is 11.7. The Morgan fingerprint density at radius 3 is 2.67 bits per heavy atom. The van der Waals surface area contributed by atoms with E-state index < -0.39 is 6.67 Å². The van der Waals surface area contributed by atoms with Gasteiger partial charge in [-0.15, -0.1) is 0 Å². The molecule has 1 atom stereocenters. The Morgan fingerprint density at radius 2 is 2.33 bits per heavy atom. The van der Waals surface area contributed by atoms with Crippen LogP contribution in [0.15, 0.2) is 0 Å². The van der Waals surface area contributed by atoms with Crippen LogP contribution in [0.4, 0.5) is 4.39 Å². The smallest absolute Gasteiger partial charge is 0.220 e. The molecule has 0 bridgehead atoms. The van der Waals surface area contributed by atoms with E-state index in [-0.39, 0.29) is 11.9 Å². The normalized spacial score (nSPS) is 12.8. The summed E-state index contributed by atoms with van der Waals surface area (Å²) in [6.45, 7) is 2.87. The van der Waals surface area contributed by atoms with Gasteiger partial charge in [-0.1, -0.05) is 6.92 Å². The molecule has 0 spiro atoms. The number of halogens is 1. The molecule has 0 aromatic heterocycles. The van der Waals surface area contributed by atoms with Crippen LogP contribution in [0.2, 0.25) is 0 Å². The summed E-state index contributed by atoms with van der Waals surface area (Å²) in [4.78, 5) is 10.5. The number of hydrogen-bond acceptors (Lipinski definition) is 1. The number of carbonyl (C=O) groups is 1. The first kappa shape index (κ1) is 8.40. The summed E-state index contributed by atoms with van der Waals surface area (Å²) >= 11 is 0. The number of alkyl halides is 1. The average molecular weight is 133 g/mol. The highest BCUT2D eigenvalue weighted by Crippen LogP contribution is 1.83. The van der Waals surface area contributed by atoms with E-state index in [0.717, 1.165) is 0 Å². The van der Waals surface area contributed by atoms with Crippen molar-refractivity contribution in [2.75, 3.05) is 6.67 Å². The quantitative estimate of drug-likeness (QED) is 0.608. The lowest BCUT2D eigenvalue weighted by atomic mass is 10.3. The highest BCUT2D eigenvalue weighted by atomic mass is 19.1. The second kappa shape index (κ2) is 4.30. The molecule has 54 valence electrons. The van der Waals surface area contributed by atoms with Crippen molar-refractivity contribution in [1.29, 1.82) is 0 Å². The van der Waals surface area contributed by atoms with Crippen LogP contribution in [0.1, 0.15) is 20.3 Å². The standard InChI is InChI=1S/C6H12FNO/c1-3-6(9)8-5(2)4-7/h5H,3-4H2,1-2H3,(H,8,9). The van der Waals surface area contributed by atoms with Crippen LogP contribution in [0.5, 0.6) is 0 Å². The van der Waals surface area contributed by atoms with Gasteiger partial charge in [-0.05, 0) is 6.92 Å². The van der Waals surface area contributed by atoms with Gasteiger partial charge in [0.05, 0.1) is 6.04 Å². The highest BCUT2D eigenvalue weighted by Gasteiger charge is 2.02. The van der Waals surface area contributed by atoms with Crippen LogP contribution in [-0.4, -0.2) is 18.6 Å². The fourth-order valence-electron chi connectivity index (χ4n) is 0.415. The van der Waals surface area contributed by atoms with Gasteiger partial charge in [0.1, 0.15) is 6.67 Å². The molecule has 9 heavy (non-hydrogen) atoms. The largest absolute Gasteiger partial charge is 0.351 e. The van der Waals surface area contributed by atoms with E-state index in [1.807, 2.05) is 0 Å². The maximum absolute atomic E-state index is 11.7. The summed E-state index contributed by atoms with van der Waals surface area (Å²) in [6, 6.07) is -0.336. The Labute approximate surface area is 54.4 Å². The van der Waals surface area contributed by atoms with Gasteiger partial charge in [-0.25, -0.2) is 4.39 Å². The van der Waals surface area contributed by atoms with Crippen molar-refractivity contribution in [3.8, 4) is 0 Å². The second-order valence-electron chi connectivity index (χ2n) is 1.98. The van der Waals surface area contributed by atoms with E-state index in [1.165, 1.54) is 0 Å². The molecule has 1 unspecified atom stereocenters. The molecule has 0 aromatic rings. The minimum absolute atomic E-state index is 0.0971. The first-order valence-corrected chi connectivity index (χ1v) is 3.06. The number of hydrogen-bond donors (Lipinski definition) is 1. The predicted octanol–water partition coefficient (Wildman–Crippen LogP) is 0.871. The fourth-order valence-corrected chi connectivity index (χ4v) is 0.415. The molecule has 3 heteroatoms. The molecule has 0 heterocycles. The summed E-state index contributed by atoms with van der Waals surface area (Å²) in [7, 11) is 0. The summed E-state index contributed by atoms with van der Waals surface area (Å²) in [5, 5.41) is 2.47. The van der Waals surface area contributed by atoms with Crippen LogP contribution < -0.4 is 5.32 Å². The fraction of sp³-hybridized carbons (Fsp3) is 0.833. The first-order valence-electron chi connectivity index (χ1n) is 3.06. The zero-order valence-corrected chi connectivity index (χ0v) is 5.78. The van der Waals surface area contributed by atoms with Crippen molar-refractivity contribution in [2.45, 2.75) is 26.3 Å².